The average Bonchev–Trinajstić information content (AvgIpc) is 2.86. The lowest BCUT2D eigenvalue weighted by Gasteiger charge is -2.14. The van der Waals surface area contributed by atoms with Crippen LogP contribution in [0.1, 0.15) is 31.8 Å². The normalized spacial score (nSPS) is 12.9. The highest BCUT2D eigenvalue weighted by Gasteiger charge is 2.34. The summed E-state index contributed by atoms with van der Waals surface area (Å²) in [6.45, 7) is 3.52. The molecule has 1 aliphatic heterocycles. The van der Waals surface area contributed by atoms with Crippen LogP contribution in [-0.4, -0.2) is 42.4 Å². The molecule has 134 valence electrons. The van der Waals surface area contributed by atoms with Crippen LogP contribution in [0, 0.1) is 13.8 Å². The van der Waals surface area contributed by atoms with Crippen molar-refractivity contribution in [3.8, 4) is 5.75 Å². The summed E-state index contributed by atoms with van der Waals surface area (Å²) in [6, 6.07) is 12.3. The maximum absolute atomic E-state index is 12.2. The van der Waals surface area contributed by atoms with Crippen molar-refractivity contribution in [3.05, 3.63) is 64.7 Å². The van der Waals surface area contributed by atoms with Crippen LogP contribution in [0.4, 0.5) is 0 Å². The average molecular weight is 353 g/mol. The first-order valence-electron chi connectivity index (χ1n) is 8.29. The van der Waals surface area contributed by atoms with Gasteiger partial charge in [-0.2, -0.15) is 0 Å². The Balaban J connectivity index is 1.49. The summed E-state index contributed by atoms with van der Waals surface area (Å²) in [5.74, 6) is -0.629. The van der Waals surface area contributed by atoms with Crippen LogP contribution >= 0.6 is 0 Å². The topological polar surface area (TPSA) is 72.9 Å². The molecule has 0 aromatic heterocycles. The highest BCUT2D eigenvalue weighted by molar-refractivity contribution is 6.21. The molecule has 1 aliphatic rings. The molecule has 0 spiro atoms. The first-order valence-corrected chi connectivity index (χ1v) is 8.29. The van der Waals surface area contributed by atoms with Gasteiger partial charge in [0, 0.05) is 0 Å². The maximum Gasteiger partial charge on any atom is 0.344 e. The van der Waals surface area contributed by atoms with Crippen LogP contribution in [0.5, 0.6) is 5.75 Å². The molecule has 0 atom stereocenters. The van der Waals surface area contributed by atoms with E-state index in [2.05, 4.69) is 0 Å². The second kappa shape index (κ2) is 7.39. The van der Waals surface area contributed by atoms with Crippen LogP contribution in [0.3, 0.4) is 0 Å². The monoisotopic (exact) mass is 353 g/mol. The minimum Gasteiger partial charge on any atom is -0.481 e. The third-order valence-electron chi connectivity index (χ3n) is 4.20. The molecule has 0 bridgehead atoms. The molecule has 2 aromatic carbocycles. The predicted octanol–water partition coefficient (Wildman–Crippen LogP) is 2.52. The fourth-order valence-electron chi connectivity index (χ4n) is 2.89. The molecule has 0 aliphatic carbocycles. The van der Waals surface area contributed by atoms with Gasteiger partial charge in [-0.05, 0) is 37.1 Å². The number of aryl methyl sites for hydroxylation is 2. The number of imide groups is 1. The SMILES string of the molecule is Cc1cccc(C)c1OCC(=O)OCCN1C(=O)c2ccccc2C1=O. The van der Waals surface area contributed by atoms with Gasteiger partial charge in [0.2, 0.25) is 0 Å². The molecular formula is C20H19NO5. The maximum atomic E-state index is 12.2. The number of nitrogens with zero attached hydrogens (tertiary/aromatic N) is 1. The van der Waals surface area contributed by atoms with Gasteiger partial charge in [0.05, 0.1) is 17.7 Å². The number of carbonyl (C=O) groups excluding carboxylic acids is 3. The third-order valence-corrected chi connectivity index (χ3v) is 4.20. The van der Waals surface area contributed by atoms with E-state index < -0.39 is 5.97 Å². The van der Waals surface area contributed by atoms with Gasteiger partial charge in [-0.1, -0.05) is 30.3 Å². The van der Waals surface area contributed by atoms with Crippen LogP contribution in [0.15, 0.2) is 42.5 Å². The molecule has 3 rings (SSSR count). The molecule has 0 saturated carbocycles. The van der Waals surface area contributed by atoms with Crippen molar-refractivity contribution in [2.45, 2.75) is 13.8 Å². The Morgan fingerprint density at radius 2 is 1.50 bits per heavy atom. The van der Waals surface area contributed by atoms with E-state index in [0.29, 0.717) is 16.9 Å². The Morgan fingerprint density at radius 1 is 0.923 bits per heavy atom. The summed E-state index contributed by atoms with van der Waals surface area (Å²) in [7, 11) is 0. The summed E-state index contributed by atoms with van der Waals surface area (Å²) in [4.78, 5) is 37.4. The van der Waals surface area contributed by atoms with Gasteiger partial charge in [0.1, 0.15) is 12.4 Å². The molecule has 0 fully saturated rings. The molecule has 26 heavy (non-hydrogen) atoms. The van der Waals surface area contributed by atoms with Crippen molar-refractivity contribution < 1.29 is 23.9 Å². The minimum absolute atomic E-state index is 0.0154. The summed E-state index contributed by atoms with van der Waals surface area (Å²) in [5.41, 5.74) is 2.62. The van der Waals surface area contributed by atoms with E-state index >= 15 is 0 Å². The molecule has 0 N–H and O–H groups in total. The highest BCUT2D eigenvalue weighted by Crippen LogP contribution is 2.23. The smallest absolute Gasteiger partial charge is 0.344 e. The van der Waals surface area contributed by atoms with E-state index in [1.54, 1.807) is 24.3 Å². The molecule has 1 heterocycles. The molecule has 6 heteroatoms. The number of carbonyl (C=O) groups is 3. The predicted molar refractivity (Wildman–Crippen MR) is 94.2 cm³/mol. The van der Waals surface area contributed by atoms with E-state index in [-0.39, 0.29) is 31.6 Å². The Hall–Kier alpha value is -3.15. The fourth-order valence-corrected chi connectivity index (χ4v) is 2.89. The standard InChI is InChI=1S/C20H19NO5/c1-13-6-5-7-14(2)18(13)26-12-17(22)25-11-10-21-19(23)15-8-3-4-9-16(15)20(21)24/h3-9H,10-12H2,1-2H3. The second-order valence-corrected chi connectivity index (χ2v) is 6.04. The summed E-state index contributed by atoms with van der Waals surface area (Å²) in [6.07, 6.45) is 0. The number of para-hydroxylation sites is 1. The highest BCUT2D eigenvalue weighted by atomic mass is 16.6. The van der Waals surface area contributed by atoms with Crippen molar-refractivity contribution in [1.29, 1.82) is 0 Å². The molecular weight excluding hydrogens is 334 g/mol. The van der Waals surface area contributed by atoms with Crippen molar-refractivity contribution in [2.75, 3.05) is 19.8 Å². The second-order valence-electron chi connectivity index (χ2n) is 6.04. The van der Waals surface area contributed by atoms with Crippen LogP contribution < -0.4 is 4.74 Å². The van der Waals surface area contributed by atoms with Gasteiger partial charge in [-0.15, -0.1) is 0 Å². The molecule has 0 radical (unpaired) electrons. The van der Waals surface area contributed by atoms with E-state index in [4.69, 9.17) is 9.47 Å². The number of ether oxygens (including phenoxy) is 2. The summed E-state index contributed by atoms with van der Waals surface area (Å²) >= 11 is 0. The number of fused-ring (bicyclic) bond motifs is 1. The number of hydrogen-bond acceptors (Lipinski definition) is 5. The van der Waals surface area contributed by atoms with Gasteiger partial charge in [0.15, 0.2) is 6.61 Å². The zero-order valence-corrected chi connectivity index (χ0v) is 14.7. The Bertz CT molecular complexity index is 819. The molecule has 6 nitrogen and oxygen atoms in total. The lowest BCUT2D eigenvalue weighted by Crippen LogP contribution is -2.34. The Kier molecular flexibility index (Phi) is 5.02. The third kappa shape index (κ3) is 3.44. The molecule has 2 amide bonds. The van der Waals surface area contributed by atoms with Gasteiger partial charge in [-0.3, -0.25) is 14.5 Å². The van der Waals surface area contributed by atoms with Crippen molar-refractivity contribution in [3.63, 3.8) is 0 Å². The lowest BCUT2D eigenvalue weighted by molar-refractivity contribution is -0.146. The number of hydrogen-bond donors (Lipinski definition) is 0. The van der Waals surface area contributed by atoms with Gasteiger partial charge < -0.3 is 9.47 Å². The van der Waals surface area contributed by atoms with Crippen molar-refractivity contribution >= 4 is 17.8 Å². The fraction of sp³-hybridized carbons (Fsp3) is 0.250. The van der Waals surface area contributed by atoms with Crippen molar-refractivity contribution in [2.24, 2.45) is 0 Å². The largest absolute Gasteiger partial charge is 0.481 e. The zero-order valence-electron chi connectivity index (χ0n) is 14.7. The zero-order chi connectivity index (χ0) is 18.7. The minimum atomic E-state index is -0.552. The number of benzene rings is 2. The van der Waals surface area contributed by atoms with Crippen molar-refractivity contribution in [1.82, 2.24) is 4.90 Å². The van der Waals surface area contributed by atoms with E-state index in [1.165, 1.54) is 0 Å². The summed E-state index contributed by atoms with van der Waals surface area (Å²) < 4.78 is 10.6. The Labute approximate surface area is 151 Å². The van der Waals surface area contributed by atoms with E-state index in [0.717, 1.165) is 16.0 Å². The number of esters is 1. The van der Waals surface area contributed by atoms with Crippen LogP contribution in [0.2, 0.25) is 0 Å². The number of rotatable bonds is 6. The lowest BCUT2D eigenvalue weighted by atomic mass is 10.1. The molecule has 2 aromatic rings. The molecule has 0 unspecified atom stereocenters. The first-order chi connectivity index (χ1) is 12.5. The van der Waals surface area contributed by atoms with Crippen LogP contribution in [-0.2, 0) is 9.53 Å². The van der Waals surface area contributed by atoms with Gasteiger partial charge in [0.25, 0.3) is 11.8 Å². The first kappa shape index (κ1) is 17.7. The van der Waals surface area contributed by atoms with E-state index in [1.807, 2.05) is 32.0 Å². The Morgan fingerprint density at radius 3 is 2.08 bits per heavy atom. The van der Waals surface area contributed by atoms with Gasteiger partial charge >= 0.3 is 5.97 Å². The van der Waals surface area contributed by atoms with E-state index in [9.17, 15) is 14.4 Å². The summed E-state index contributed by atoms with van der Waals surface area (Å²) in [5, 5.41) is 0. The quantitative estimate of drug-likeness (QED) is 0.589. The number of amides is 2. The van der Waals surface area contributed by atoms with Crippen LogP contribution in [0.25, 0.3) is 0 Å². The molecule has 0 saturated heterocycles. The van der Waals surface area contributed by atoms with Gasteiger partial charge in [-0.25, -0.2) is 4.79 Å².